The van der Waals surface area contributed by atoms with Crippen LogP contribution in [0.1, 0.15) is 11.1 Å². The molecule has 3 aromatic rings. The van der Waals surface area contributed by atoms with Crippen LogP contribution in [0.15, 0.2) is 78.0 Å². The zero-order valence-electron chi connectivity index (χ0n) is 13.7. The lowest BCUT2D eigenvalue weighted by atomic mass is 10.2. The number of hydrogen-bond donors (Lipinski definition) is 1. The van der Waals surface area contributed by atoms with Gasteiger partial charge in [-0.3, -0.25) is 9.71 Å². The van der Waals surface area contributed by atoms with Crippen molar-refractivity contribution in [3.05, 3.63) is 84.2 Å². The Morgan fingerprint density at radius 3 is 2.20 bits per heavy atom. The van der Waals surface area contributed by atoms with Gasteiger partial charge in [-0.1, -0.05) is 17.7 Å². The molecule has 0 bridgehead atoms. The van der Waals surface area contributed by atoms with Crippen molar-refractivity contribution in [2.45, 2.75) is 18.4 Å². The fourth-order valence-corrected chi connectivity index (χ4v) is 3.26. The molecule has 0 aliphatic heterocycles. The van der Waals surface area contributed by atoms with Crippen LogP contribution >= 0.6 is 0 Å². The molecule has 6 heteroatoms. The molecule has 25 heavy (non-hydrogen) atoms. The number of anilines is 1. The second-order valence-corrected chi connectivity index (χ2v) is 7.27. The predicted molar refractivity (Wildman–Crippen MR) is 97.0 cm³/mol. The van der Waals surface area contributed by atoms with E-state index in [4.69, 9.17) is 4.74 Å². The zero-order chi connectivity index (χ0) is 17.7. The summed E-state index contributed by atoms with van der Waals surface area (Å²) in [4.78, 5) is 4.19. The number of aryl methyl sites for hydroxylation is 1. The first kappa shape index (κ1) is 17.0. The van der Waals surface area contributed by atoms with Crippen molar-refractivity contribution in [1.82, 2.24) is 4.98 Å². The molecule has 1 N–H and O–H groups in total. The lowest BCUT2D eigenvalue weighted by molar-refractivity contribution is 0.306. The first-order chi connectivity index (χ1) is 12.0. The maximum atomic E-state index is 12.4. The number of pyridine rings is 1. The van der Waals surface area contributed by atoms with Gasteiger partial charge in [-0.2, -0.15) is 0 Å². The van der Waals surface area contributed by atoms with Crippen molar-refractivity contribution in [3.63, 3.8) is 0 Å². The summed E-state index contributed by atoms with van der Waals surface area (Å²) in [5.74, 6) is 0.662. The molecule has 0 unspecified atom stereocenters. The lowest BCUT2D eigenvalue weighted by Gasteiger charge is -2.10. The highest BCUT2D eigenvalue weighted by atomic mass is 32.2. The highest BCUT2D eigenvalue weighted by molar-refractivity contribution is 7.92. The Morgan fingerprint density at radius 2 is 1.56 bits per heavy atom. The average Bonchev–Trinajstić information content (AvgIpc) is 2.62. The summed E-state index contributed by atoms with van der Waals surface area (Å²) in [6.07, 6.45) is 3.42. The fourth-order valence-electron chi connectivity index (χ4n) is 2.20. The van der Waals surface area contributed by atoms with E-state index in [0.717, 1.165) is 11.1 Å². The van der Waals surface area contributed by atoms with Gasteiger partial charge in [0.2, 0.25) is 0 Å². The summed E-state index contributed by atoms with van der Waals surface area (Å²) in [6, 6.07) is 17.3. The number of aromatic nitrogens is 1. The highest BCUT2D eigenvalue weighted by Gasteiger charge is 2.13. The molecule has 0 saturated heterocycles. The van der Waals surface area contributed by atoms with E-state index in [-0.39, 0.29) is 4.90 Å². The molecular formula is C19H18N2O3S. The van der Waals surface area contributed by atoms with E-state index >= 15 is 0 Å². The van der Waals surface area contributed by atoms with Gasteiger partial charge in [0.05, 0.1) is 4.90 Å². The van der Waals surface area contributed by atoms with Crippen LogP contribution < -0.4 is 9.46 Å². The van der Waals surface area contributed by atoms with E-state index in [1.54, 1.807) is 60.9 Å². The summed E-state index contributed by atoms with van der Waals surface area (Å²) >= 11 is 0. The number of nitrogens with zero attached hydrogens (tertiary/aromatic N) is 1. The van der Waals surface area contributed by atoms with Crippen molar-refractivity contribution in [1.29, 1.82) is 0 Å². The van der Waals surface area contributed by atoms with Gasteiger partial charge in [0.15, 0.2) is 0 Å². The molecule has 0 aliphatic rings. The molecule has 0 amide bonds. The van der Waals surface area contributed by atoms with E-state index in [9.17, 15) is 8.42 Å². The molecule has 1 aromatic heterocycles. The first-order valence-corrected chi connectivity index (χ1v) is 9.22. The Morgan fingerprint density at radius 1 is 0.920 bits per heavy atom. The second-order valence-electron chi connectivity index (χ2n) is 5.59. The molecule has 0 saturated carbocycles. The monoisotopic (exact) mass is 354 g/mol. The van der Waals surface area contributed by atoms with Crippen molar-refractivity contribution in [2.75, 3.05) is 4.72 Å². The van der Waals surface area contributed by atoms with Gasteiger partial charge in [0.25, 0.3) is 10.0 Å². The van der Waals surface area contributed by atoms with E-state index < -0.39 is 10.0 Å². The second kappa shape index (κ2) is 7.36. The van der Waals surface area contributed by atoms with Crippen LogP contribution in [-0.4, -0.2) is 13.4 Å². The molecule has 128 valence electrons. The standard InChI is InChI=1S/C19H18N2O3S/c1-15-2-8-19(9-3-15)25(22,23)21-17-4-6-18(7-5-17)24-14-16-10-12-20-13-11-16/h2-13,21H,14H2,1H3. The summed E-state index contributed by atoms with van der Waals surface area (Å²) in [5, 5.41) is 0. The third-order valence-corrected chi connectivity index (χ3v) is 4.99. The van der Waals surface area contributed by atoms with Crippen molar-refractivity contribution < 1.29 is 13.2 Å². The first-order valence-electron chi connectivity index (χ1n) is 7.74. The third kappa shape index (κ3) is 4.58. The molecule has 0 aliphatic carbocycles. The Labute approximate surface area is 147 Å². The molecule has 0 radical (unpaired) electrons. The summed E-state index contributed by atoms with van der Waals surface area (Å²) < 4.78 is 33.0. The maximum absolute atomic E-state index is 12.4. The topological polar surface area (TPSA) is 68.3 Å². The SMILES string of the molecule is Cc1ccc(S(=O)(=O)Nc2ccc(OCc3ccncc3)cc2)cc1. The minimum atomic E-state index is -3.60. The van der Waals surface area contributed by atoms with Gasteiger partial charge < -0.3 is 4.74 Å². The number of nitrogens with one attached hydrogen (secondary N) is 1. The van der Waals surface area contributed by atoms with Gasteiger partial charge in [0, 0.05) is 18.1 Å². The van der Waals surface area contributed by atoms with Gasteiger partial charge in [0.1, 0.15) is 12.4 Å². The molecule has 1 heterocycles. The van der Waals surface area contributed by atoms with Crippen molar-refractivity contribution in [2.24, 2.45) is 0 Å². The van der Waals surface area contributed by atoms with Gasteiger partial charge >= 0.3 is 0 Å². The minimum absolute atomic E-state index is 0.233. The lowest BCUT2D eigenvalue weighted by Crippen LogP contribution is -2.12. The summed E-state index contributed by atoms with van der Waals surface area (Å²) in [7, 11) is -3.60. The Bertz CT molecular complexity index is 923. The Hall–Kier alpha value is -2.86. The Kier molecular flexibility index (Phi) is 5.00. The quantitative estimate of drug-likeness (QED) is 0.732. The maximum Gasteiger partial charge on any atom is 0.261 e. The molecule has 0 spiro atoms. The van der Waals surface area contributed by atoms with Crippen LogP contribution in [0.25, 0.3) is 0 Å². The van der Waals surface area contributed by atoms with Gasteiger partial charge in [-0.25, -0.2) is 8.42 Å². The average molecular weight is 354 g/mol. The fraction of sp³-hybridized carbons (Fsp3) is 0.105. The summed E-state index contributed by atoms with van der Waals surface area (Å²) in [6.45, 7) is 2.34. The zero-order valence-corrected chi connectivity index (χ0v) is 14.5. The predicted octanol–water partition coefficient (Wildman–Crippen LogP) is 3.77. The third-order valence-electron chi connectivity index (χ3n) is 3.59. The Balaban J connectivity index is 1.65. The smallest absolute Gasteiger partial charge is 0.261 e. The van der Waals surface area contributed by atoms with Crippen LogP contribution in [0, 0.1) is 6.92 Å². The number of ether oxygens (including phenoxy) is 1. The van der Waals surface area contributed by atoms with E-state index in [1.165, 1.54) is 0 Å². The van der Waals surface area contributed by atoms with E-state index in [0.29, 0.717) is 18.0 Å². The van der Waals surface area contributed by atoms with Gasteiger partial charge in [-0.15, -0.1) is 0 Å². The highest BCUT2D eigenvalue weighted by Crippen LogP contribution is 2.20. The number of rotatable bonds is 6. The minimum Gasteiger partial charge on any atom is -0.489 e. The molecule has 2 aromatic carbocycles. The van der Waals surface area contributed by atoms with Gasteiger partial charge in [-0.05, 0) is 61.0 Å². The number of sulfonamides is 1. The number of hydrogen-bond acceptors (Lipinski definition) is 4. The molecule has 3 rings (SSSR count). The summed E-state index contributed by atoms with van der Waals surface area (Å²) in [5.41, 5.74) is 2.51. The van der Waals surface area contributed by atoms with Crippen LogP contribution in [0.3, 0.4) is 0 Å². The van der Waals surface area contributed by atoms with Crippen LogP contribution in [-0.2, 0) is 16.6 Å². The molecule has 0 fully saturated rings. The van der Waals surface area contributed by atoms with E-state index in [2.05, 4.69) is 9.71 Å². The molecule has 5 nitrogen and oxygen atoms in total. The number of benzene rings is 2. The van der Waals surface area contributed by atoms with Crippen LogP contribution in [0.5, 0.6) is 5.75 Å². The normalized spacial score (nSPS) is 11.1. The molecular weight excluding hydrogens is 336 g/mol. The van der Waals surface area contributed by atoms with Crippen LogP contribution in [0.4, 0.5) is 5.69 Å². The van der Waals surface area contributed by atoms with Crippen molar-refractivity contribution >= 4 is 15.7 Å². The largest absolute Gasteiger partial charge is 0.489 e. The van der Waals surface area contributed by atoms with E-state index in [1.807, 2.05) is 19.1 Å². The van der Waals surface area contributed by atoms with Crippen LogP contribution in [0.2, 0.25) is 0 Å². The molecule has 0 atom stereocenters. The van der Waals surface area contributed by atoms with Crippen molar-refractivity contribution in [3.8, 4) is 5.75 Å².